The number of nitrogens with zero attached hydrogens (tertiary/aromatic N) is 4. The Bertz CT molecular complexity index is 959. The molecule has 0 saturated heterocycles. The maximum absolute atomic E-state index is 12.3. The van der Waals surface area contributed by atoms with Gasteiger partial charge < -0.3 is 5.32 Å². The number of anilines is 1. The molecule has 3 rings (SSSR count). The third-order valence-electron chi connectivity index (χ3n) is 3.74. The van der Waals surface area contributed by atoms with Crippen LogP contribution in [-0.4, -0.2) is 31.3 Å². The molecule has 0 bridgehead atoms. The lowest BCUT2D eigenvalue weighted by atomic mass is 10.2. The van der Waals surface area contributed by atoms with Crippen LogP contribution in [0, 0.1) is 10.1 Å². The fourth-order valence-electron chi connectivity index (χ4n) is 2.51. The fourth-order valence-corrected chi connectivity index (χ4v) is 3.28. The van der Waals surface area contributed by atoms with Crippen molar-refractivity contribution in [3.63, 3.8) is 0 Å². The molecule has 0 aliphatic carbocycles. The summed E-state index contributed by atoms with van der Waals surface area (Å²) in [6.07, 6.45) is 0.699. The van der Waals surface area contributed by atoms with Crippen molar-refractivity contribution in [3.8, 4) is 5.69 Å². The van der Waals surface area contributed by atoms with Crippen LogP contribution in [-0.2, 0) is 11.2 Å². The second-order valence-electron chi connectivity index (χ2n) is 5.53. The molecule has 1 amide bonds. The van der Waals surface area contributed by atoms with E-state index in [1.54, 1.807) is 12.1 Å². The minimum Gasteiger partial charge on any atom is -0.320 e. The SMILES string of the molecule is CCc1nnc(SCC(=O)Nc2ccccc2[N+](=O)[O-])n1-c1ccccc1. The van der Waals surface area contributed by atoms with E-state index in [1.807, 2.05) is 41.8 Å². The number of carbonyl (C=O) groups excluding carboxylic acids is 1. The average molecular weight is 383 g/mol. The highest BCUT2D eigenvalue weighted by Gasteiger charge is 2.17. The summed E-state index contributed by atoms with van der Waals surface area (Å²) in [5, 5.41) is 22.6. The molecular weight excluding hydrogens is 366 g/mol. The highest BCUT2D eigenvalue weighted by Crippen LogP contribution is 2.25. The van der Waals surface area contributed by atoms with Crippen molar-refractivity contribution in [1.82, 2.24) is 14.8 Å². The summed E-state index contributed by atoms with van der Waals surface area (Å²) in [4.78, 5) is 22.8. The molecule has 0 atom stereocenters. The van der Waals surface area contributed by atoms with E-state index in [0.717, 1.165) is 11.5 Å². The van der Waals surface area contributed by atoms with Gasteiger partial charge in [0.05, 0.1) is 10.7 Å². The third-order valence-corrected chi connectivity index (χ3v) is 4.67. The molecule has 2 aromatic carbocycles. The van der Waals surface area contributed by atoms with Crippen LogP contribution in [0.5, 0.6) is 0 Å². The van der Waals surface area contributed by atoms with Crippen LogP contribution < -0.4 is 5.32 Å². The molecule has 1 aromatic heterocycles. The number of nitro benzene ring substituents is 1. The van der Waals surface area contributed by atoms with Crippen LogP contribution >= 0.6 is 11.8 Å². The van der Waals surface area contributed by atoms with Gasteiger partial charge in [-0.05, 0) is 18.2 Å². The zero-order valence-electron chi connectivity index (χ0n) is 14.5. The maximum atomic E-state index is 12.3. The first-order valence-corrected chi connectivity index (χ1v) is 9.24. The number of amides is 1. The molecule has 3 aromatic rings. The maximum Gasteiger partial charge on any atom is 0.292 e. The largest absolute Gasteiger partial charge is 0.320 e. The summed E-state index contributed by atoms with van der Waals surface area (Å²) >= 11 is 1.23. The number of benzene rings is 2. The van der Waals surface area contributed by atoms with Crippen LogP contribution in [0.3, 0.4) is 0 Å². The summed E-state index contributed by atoms with van der Waals surface area (Å²) in [6, 6.07) is 15.7. The quantitative estimate of drug-likeness (QED) is 0.381. The molecule has 0 aliphatic heterocycles. The highest BCUT2D eigenvalue weighted by atomic mass is 32.2. The van der Waals surface area contributed by atoms with Crippen molar-refractivity contribution >= 4 is 29.0 Å². The first-order valence-electron chi connectivity index (χ1n) is 8.26. The molecule has 8 nitrogen and oxygen atoms in total. The Morgan fingerprint density at radius 3 is 2.56 bits per heavy atom. The minimum atomic E-state index is -0.525. The molecule has 0 fully saturated rings. The van der Waals surface area contributed by atoms with Gasteiger partial charge in [-0.3, -0.25) is 19.5 Å². The number of hydrogen-bond acceptors (Lipinski definition) is 6. The number of aromatic nitrogens is 3. The topological polar surface area (TPSA) is 103 Å². The molecule has 1 heterocycles. The number of nitrogens with one attached hydrogen (secondary N) is 1. The van der Waals surface area contributed by atoms with Crippen molar-refractivity contribution in [2.75, 3.05) is 11.1 Å². The molecule has 0 aliphatic rings. The van der Waals surface area contributed by atoms with E-state index in [0.29, 0.717) is 11.6 Å². The number of para-hydroxylation sites is 3. The summed E-state index contributed by atoms with van der Waals surface area (Å²) in [5.74, 6) is 0.499. The molecule has 27 heavy (non-hydrogen) atoms. The Kier molecular flexibility index (Phi) is 5.82. The van der Waals surface area contributed by atoms with Gasteiger partial charge in [-0.25, -0.2) is 0 Å². The summed E-state index contributed by atoms with van der Waals surface area (Å²) in [7, 11) is 0. The fraction of sp³-hybridized carbons (Fsp3) is 0.167. The minimum absolute atomic E-state index is 0.0563. The van der Waals surface area contributed by atoms with E-state index in [2.05, 4.69) is 15.5 Å². The predicted octanol–water partition coefficient (Wildman–Crippen LogP) is 3.47. The summed E-state index contributed by atoms with van der Waals surface area (Å²) in [6.45, 7) is 1.99. The van der Waals surface area contributed by atoms with Gasteiger partial charge in [0.1, 0.15) is 11.5 Å². The average Bonchev–Trinajstić information content (AvgIpc) is 3.10. The van der Waals surface area contributed by atoms with Crippen molar-refractivity contribution in [1.29, 1.82) is 0 Å². The molecule has 1 N–H and O–H groups in total. The van der Waals surface area contributed by atoms with E-state index in [1.165, 1.54) is 23.9 Å². The lowest BCUT2D eigenvalue weighted by Crippen LogP contribution is -2.15. The number of thioether (sulfide) groups is 1. The molecule has 0 radical (unpaired) electrons. The molecule has 9 heteroatoms. The predicted molar refractivity (Wildman–Crippen MR) is 103 cm³/mol. The molecule has 0 spiro atoms. The normalized spacial score (nSPS) is 10.6. The van der Waals surface area contributed by atoms with Gasteiger partial charge >= 0.3 is 0 Å². The van der Waals surface area contributed by atoms with Crippen molar-refractivity contribution < 1.29 is 9.72 Å². The zero-order chi connectivity index (χ0) is 19.2. The molecular formula is C18H17N5O3S. The van der Waals surface area contributed by atoms with Gasteiger partial charge in [0.15, 0.2) is 5.16 Å². The Morgan fingerprint density at radius 1 is 1.15 bits per heavy atom. The van der Waals surface area contributed by atoms with Gasteiger partial charge in [0, 0.05) is 18.2 Å². The van der Waals surface area contributed by atoms with Crippen LogP contribution in [0.15, 0.2) is 59.8 Å². The van der Waals surface area contributed by atoms with E-state index in [4.69, 9.17) is 0 Å². The lowest BCUT2D eigenvalue weighted by Gasteiger charge is -2.09. The monoisotopic (exact) mass is 383 g/mol. The molecule has 0 saturated carbocycles. The second-order valence-corrected chi connectivity index (χ2v) is 6.48. The van der Waals surface area contributed by atoms with Crippen molar-refractivity contribution in [2.24, 2.45) is 0 Å². The van der Waals surface area contributed by atoms with E-state index in [-0.39, 0.29) is 23.0 Å². The number of aryl methyl sites for hydroxylation is 1. The Labute approximate surface area is 159 Å². The lowest BCUT2D eigenvalue weighted by molar-refractivity contribution is -0.383. The van der Waals surface area contributed by atoms with Crippen LogP contribution in [0.2, 0.25) is 0 Å². The number of hydrogen-bond donors (Lipinski definition) is 1. The molecule has 0 unspecified atom stereocenters. The second kappa shape index (κ2) is 8.45. The third kappa shape index (κ3) is 4.32. The Hall–Kier alpha value is -3.20. The van der Waals surface area contributed by atoms with Gasteiger partial charge in [0.25, 0.3) is 5.69 Å². The van der Waals surface area contributed by atoms with Gasteiger partial charge in [0.2, 0.25) is 5.91 Å². The van der Waals surface area contributed by atoms with Crippen molar-refractivity contribution in [2.45, 2.75) is 18.5 Å². The zero-order valence-corrected chi connectivity index (χ0v) is 15.3. The Morgan fingerprint density at radius 2 is 1.85 bits per heavy atom. The number of carbonyl (C=O) groups is 1. The van der Waals surface area contributed by atoms with E-state index < -0.39 is 4.92 Å². The standard InChI is InChI=1S/C18H17N5O3S/c1-2-16-20-21-18(22(16)13-8-4-3-5-9-13)27-12-17(24)19-14-10-6-7-11-15(14)23(25)26/h3-11H,2,12H2,1H3,(H,19,24). The highest BCUT2D eigenvalue weighted by molar-refractivity contribution is 7.99. The number of nitro groups is 1. The smallest absolute Gasteiger partial charge is 0.292 e. The first kappa shape index (κ1) is 18.6. The summed E-state index contributed by atoms with van der Waals surface area (Å²) < 4.78 is 1.91. The van der Waals surface area contributed by atoms with Crippen LogP contribution in [0.4, 0.5) is 11.4 Å². The van der Waals surface area contributed by atoms with Gasteiger partial charge in [-0.1, -0.05) is 49.0 Å². The number of rotatable bonds is 7. The van der Waals surface area contributed by atoms with Crippen LogP contribution in [0.1, 0.15) is 12.7 Å². The van der Waals surface area contributed by atoms with E-state index in [9.17, 15) is 14.9 Å². The van der Waals surface area contributed by atoms with E-state index >= 15 is 0 Å². The van der Waals surface area contributed by atoms with Crippen molar-refractivity contribution in [3.05, 3.63) is 70.5 Å². The first-order chi connectivity index (χ1) is 13.1. The van der Waals surface area contributed by atoms with Gasteiger partial charge in [-0.2, -0.15) is 0 Å². The molecule has 138 valence electrons. The Balaban J connectivity index is 1.74. The summed E-state index contributed by atoms with van der Waals surface area (Å²) in [5.41, 5.74) is 0.949. The van der Waals surface area contributed by atoms with Crippen LogP contribution in [0.25, 0.3) is 5.69 Å². The van der Waals surface area contributed by atoms with Gasteiger partial charge in [-0.15, -0.1) is 10.2 Å².